The minimum atomic E-state index is -3.81. The Hall–Kier alpha value is -1.82. The van der Waals surface area contributed by atoms with Crippen LogP contribution >= 0.6 is 0 Å². The van der Waals surface area contributed by atoms with Gasteiger partial charge in [-0.15, -0.1) is 0 Å². The standard InChI is InChI=1S/C14H17NO4S/c1-11(2)14(3)10-9-13(15(16)19-14)20(17,18)12-7-5-4-6-8-12/h4-8H,1,9-10H2,2-3H3. The minimum Gasteiger partial charge on any atom is -0.392 e. The van der Waals surface area contributed by atoms with Crippen molar-refractivity contribution in [3.63, 3.8) is 0 Å². The maximum atomic E-state index is 12.4. The molecule has 0 saturated carbocycles. The largest absolute Gasteiger partial charge is 0.392 e. The summed E-state index contributed by atoms with van der Waals surface area (Å²) in [5.74, 6) is 0. The maximum absolute atomic E-state index is 12.4. The number of hydrogen-bond acceptors (Lipinski definition) is 4. The van der Waals surface area contributed by atoms with Crippen LogP contribution in [0.15, 0.2) is 47.4 Å². The van der Waals surface area contributed by atoms with Crippen molar-refractivity contribution >= 4 is 14.9 Å². The highest BCUT2D eigenvalue weighted by atomic mass is 32.2. The first-order valence-corrected chi connectivity index (χ1v) is 7.74. The molecule has 5 nitrogen and oxygen atoms in total. The van der Waals surface area contributed by atoms with Gasteiger partial charge in [0.25, 0.3) is 9.84 Å². The first kappa shape index (κ1) is 14.6. The van der Waals surface area contributed by atoms with E-state index < -0.39 is 15.4 Å². The van der Waals surface area contributed by atoms with E-state index in [-0.39, 0.29) is 21.3 Å². The summed E-state index contributed by atoms with van der Waals surface area (Å²) >= 11 is 0. The normalized spacial score (nSPS) is 23.3. The van der Waals surface area contributed by atoms with Gasteiger partial charge >= 0.3 is 5.04 Å². The van der Waals surface area contributed by atoms with Crippen LogP contribution in [0, 0.1) is 5.21 Å². The summed E-state index contributed by atoms with van der Waals surface area (Å²) in [6.07, 6.45) is 0.534. The number of nitrogens with zero attached hydrogens (tertiary/aromatic N) is 1. The average Bonchev–Trinajstić information content (AvgIpc) is 2.39. The van der Waals surface area contributed by atoms with E-state index in [1.807, 2.05) is 0 Å². The molecule has 1 aromatic rings. The van der Waals surface area contributed by atoms with Crippen molar-refractivity contribution < 1.29 is 18.2 Å². The Morgan fingerprint density at radius 3 is 2.50 bits per heavy atom. The predicted octanol–water partition coefficient (Wildman–Crippen LogP) is 2.43. The number of benzene rings is 1. The summed E-state index contributed by atoms with van der Waals surface area (Å²) in [5.41, 5.74) is -0.133. The molecule has 2 rings (SSSR count). The molecule has 1 unspecified atom stereocenters. The zero-order valence-electron chi connectivity index (χ0n) is 11.5. The summed E-state index contributed by atoms with van der Waals surface area (Å²) < 4.78 is 24.8. The van der Waals surface area contributed by atoms with E-state index in [9.17, 15) is 13.6 Å². The molecule has 0 bridgehead atoms. The molecule has 1 aromatic carbocycles. The summed E-state index contributed by atoms with van der Waals surface area (Å²) in [7, 11) is -3.81. The smallest absolute Gasteiger partial charge is 0.339 e. The first-order valence-electron chi connectivity index (χ1n) is 6.26. The molecule has 20 heavy (non-hydrogen) atoms. The van der Waals surface area contributed by atoms with E-state index >= 15 is 0 Å². The Bertz CT molecular complexity index is 664. The SMILES string of the molecule is C=C(C)C1(C)CCC(S(=O)(=O)c2ccccc2)=[N+]([O-])O1. The van der Waals surface area contributed by atoms with Crippen molar-refractivity contribution in [1.29, 1.82) is 0 Å². The van der Waals surface area contributed by atoms with Gasteiger partial charge in [0.05, 0.1) is 21.8 Å². The van der Waals surface area contributed by atoms with Gasteiger partial charge in [0.2, 0.25) is 0 Å². The third-order valence-corrected chi connectivity index (χ3v) is 5.44. The van der Waals surface area contributed by atoms with Crippen molar-refractivity contribution in [1.82, 2.24) is 0 Å². The van der Waals surface area contributed by atoms with Crippen LogP contribution in [0.4, 0.5) is 0 Å². The number of sulfone groups is 1. The Kier molecular flexibility index (Phi) is 3.60. The monoisotopic (exact) mass is 295 g/mol. The minimum absolute atomic E-state index is 0.0957. The molecule has 1 aliphatic heterocycles. The van der Waals surface area contributed by atoms with E-state index in [0.29, 0.717) is 12.0 Å². The lowest BCUT2D eigenvalue weighted by molar-refractivity contribution is -0.765. The molecule has 1 aliphatic rings. The van der Waals surface area contributed by atoms with Crippen LogP contribution in [0.2, 0.25) is 0 Å². The molecule has 6 heteroatoms. The second-order valence-electron chi connectivity index (χ2n) is 5.07. The third-order valence-electron chi connectivity index (χ3n) is 3.57. The molecule has 0 aliphatic carbocycles. The molecule has 1 heterocycles. The Morgan fingerprint density at radius 2 is 2.00 bits per heavy atom. The second-order valence-corrected chi connectivity index (χ2v) is 7.02. The fraction of sp³-hybridized carbons (Fsp3) is 0.357. The van der Waals surface area contributed by atoms with Gasteiger partial charge in [0.1, 0.15) is 0 Å². The molecule has 0 aromatic heterocycles. The van der Waals surface area contributed by atoms with Crippen LogP contribution in [0.5, 0.6) is 0 Å². The lowest BCUT2D eigenvalue weighted by Gasteiger charge is -2.35. The molecule has 0 spiro atoms. The second kappa shape index (κ2) is 4.94. The molecule has 0 saturated heterocycles. The zero-order chi connectivity index (χ0) is 15.0. The van der Waals surface area contributed by atoms with Crippen molar-refractivity contribution in [3.05, 3.63) is 47.7 Å². The van der Waals surface area contributed by atoms with Crippen molar-refractivity contribution in [3.8, 4) is 0 Å². The van der Waals surface area contributed by atoms with Crippen LogP contribution in [-0.4, -0.2) is 24.0 Å². The third kappa shape index (κ3) is 2.43. The summed E-state index contributed by atoms with van der Waals surface area (Å²) in [6.45, 7) is 7.26. The summed E-state index contributed by atoms with van der Waals surface area (Å²) in [6, 6.07) is 7.87. The van der Waals surface area contributed by atoms with E-state index in [1.54, 1.807) is 32.0 Å². The van der Waals surface area contributed by atoms with Gasteiger partial charge in [0, 0.05) is 0 Å². The van der Waals surface area contributed by atoms with Crippen LogP contribution in [0.25, 0.3) is 0 Å². The van der Waals surface area contributed by atoms with Crippen LogP contribution in [0.3, 0.4) is 0 Å². The molecule has 0 fully saturated rings. The van der Waals surface area contributed by atoms with Crippen LogP contribution in [-0.2, 0) is 14.7 Å². The van der Waals surface area contributed by atoms with Gasteiger partial charge in [-0.05, 0) is 32.4 Å². The van der Waals surface area contributed by atoms with E-state index in [1.165, 1.54) is 12.1 Å². The quantitative estimate of drug-likeness (QED) is 0.620. The van der Waals surface area contributed by atoms with E-state index in [2.05, 4.69) is 6.58 Å². The lowest BCUT2D eigenvalue weighted by atomic mass is 9.92. The van der Waals surface area contributed by atoms with Gasteiger partial charge in [-0.2, -0.15) is 0 Å². The van der Waals surface area contributed by atoms with Crippen molar-refractivity contribution in [2.24, 2.45) is 0 Å². The van der Waals surface area contributed by atoms with Gasteiger partial charge in [-0.25, -0.2) is 8.42 Å². The molecule has 0 amide bonds. The number of rotatable bonds is 2. The first-order chi connectivity index (χ1) is 9.27. The fourth-order valence-electron chi connectivity index (χ4n) is 1.98. The molecular weight excluding hydrogens is 278 g/mol. The Morgan fingerprint density at radius 1 is 1.40 bits per heavy atom. The number of hydrogen-bond donors (Lipinski definition) is 0. The topological polar surface area (TPSA) is 69.4 Å². The van der Waals surface area contributed by atoms with Crippen LogP contribution < -0.4 is 0 Å². The molecule has 1 atom stereocenters. The predicted molar refractivity (Wildman–Crippen MR) is 75.8 cm³/mol. The zero-order valence-corrected chi connectivity index (χ0v) is 12.3. The summed E-state index contributed by atoms with van der Waals surface area (Å²) in [4.78, 5) is 5.44. The van der Waals surface area contributed by atoms with Crippen LogP contribution in [0.1, 0.15) is 26.7 Å². The lowest BCUT2D eigenvalue weighted by Crippen LogP contribution is -2.42. The Balaban J connectivity index is 2.42. The fourth-order valence-corrected chi connectivity index (χ4v) is 3.37. The van der Waals surface area contributed by atoms with Gasteiger partial charge in [-0.3, -0.25) is 5.21 Å². The van der Waals surface area contributed by atoms with Gasteiger partial charge in [-0.1, -0.05) is 30.4 Å². The van der Waals surface area contributed by atoms with E-state index in [0.717, 1.165) is 0 Å². The highest BCUT2D eigenvalue weighted by molar-refractivity contribution is 8.06. The van der Waals surface area contributed by atoms with Gasteiger partial charge < -0.3 is 4.84 Å². The highest BCUT2D eigenvalue weighted by Crippen LogP contribution is 2.31. The van der Waals surface area contributed by atoms with Gasteiger partial charge in [0.15, 0.2) is 0 Å². The van der Waals surface area contributed by atoms with E-state index in [4.69, 9.17) is 4.84 Å². The molecule has 0 N–H and O–H groups in total. The van der Waals surface area contributed by atoms with Crippen molar-refractivity contribution in [2.75, 3.05) is 0 Å². The average molecular weight is 295 g/mol. The van der Waals surface area contributed by atoms with Crippen molar-refractivity contribution in [2.45, 2.75) is 37.2 Å². The summed E-state index contributed by atoms with van der Waals surface area (Å²) in [5, 5.41) is 11.7. The Labute approximate surface area is 118 Å². The maximum Gasteiger partial charge on any atom is 0.339 e. The molecule has 108 valence electrons. The molecular formula is C14H17NO4S. The molecule has 0 radical (unpaired) electrons. The highest BCUT2D eigenvalue weighted by Gasteiger charge is 2.40.